The van der Waals surface area contributed by atoms with E-state index in [9.17, 15) is 4.79 Å². The second kappa shape index (κ2) is 7.10. The van der Waals surface area contributed by atoms with E-state index in [1.165, 1.54) is 0 Å². The predicted molar refractivity (Wildman–Crippen MR) is 91.0 cm³/mol. The van der Waals surface area contributed by atoms with Crippen molar-refractivity contribution in [3.8, 4) is 11.3 Å². The molecule has 3 aromatic rings. The van der Waals surface area contributed by atoms with E-state index in [1.807, 2.05) is 30.3 Å². The van der Waals surface area contributed by atoms with E-state index in [4.69, 9.17) is 21.0 Å². The Hall–Kier alpha value is -2.92. The molecule has 1 aromatic heterocycles. The van der Waals surface area contributed by atoms with Crippen LogP contribution >= 0.6 is 11.6 Å². The van der Waals surface area contributed by atoms with Crippen LogP contribution in [0, 0.1) is 0 Å². The van der Waals surface area contributed by atoms with Gasteiger partial charge in [-0.05, 0) is 31.2 Å². The van der Waals surface area contributed by atoms with Crippen molar-refractivity contribution in [3.05, 3.63) is 77.0 Å². The monoisotopic (exact) mass is 340 g/mol. The smallest absolute Gasteiger partial charge is 0.354 e. The molecule has 0 aliphatic carbocycles. The van der Waals surface area contributed by atoms with Crippen molar-refractivity contribution < 1.29 is 14.2 Å². The van der Waals surface area contributed by atoms with E-state index in [0.717, 1.165) is 5.56 Å². The summed E-state index contributed by atoms with van der Waals surface area (Å²) < 4.78 is 5.25. The van der Waals surface area contributed by atoms with E-state index in [0.29, 0.717) is 27.8 Å². The summed E-state index contributed by atoms with van der Waals surface area (Å²) in [5.74, 6) is -0.147. The third-order valence-electron chi connectivity index (χ3n) is 3.28. The highest BCUT2D eigenvalue weighted by Gasteiger charge is 2.11. The van der Waals surface area contributed by atoms with Crippen LogP contribution in [0.2, 0.25) is 5.02 Å². The van der Waals surface area contributed by atoms with Crippen LogP contribution in [-0.2, 0) is 4.84 Å². The molecule has 0 saturated carbocycles. The Morgan fingerprint density at radius 3 is 2.54 bits per heavy atom. The molecule has 0 radical (unpaired) electrons. The van der Waals surface area contributed by atoms with Crippen molar-refractivity contribution in [1.82, 2.24) is 5.16 Å². The third-order valence-corrected chi connectivity index (χ3v) is 3.53. The average Bonchev–Trinajstić information content (AvgIpc) is 3.11. The average molecular weight is 341 g/mol. The molecule has 0 aliphatic heterocycles. The van der Waals surface area contributed by atoms with Gasteiger partial charge in [0.15, 0.2) is 5.76 Å². The second-order valence-electron chi connectivity index (χ2n) is 5.00. The molecule has 24 heavy (non-hydrogen) atoms. The van der Waals surface area contributed by atoms with Crippen molar-refractivity contribution >= 4 is 23.3 Å². The first kappa shape index (κ1) is 16.0. The van der Waals surface area contributed by atoms with Crippen LogP contribution in [0.3, 0.4) is 0 Å². The molecule has 0 spiro atoms. The van der Waals surface area contributed by atoms with Crippen LogP contribution in [0.15, 0.2) is 70.3 Å². The molecule has 0 unspecified atom stereocenters. The van der Waals surface area contributed by atoms with Gasteiger partial charge in [-0.3, -0.25) is 0 Å². The summed E-state index contributed by atoms with van der Waals surface area (Å²) in [6.45, 7) is 1.67. The second-order valence-corrected chi connectivity index (χ2v) is 5.44. The van der Waals surface area contributed by atoms with E-state index < -0.39 is 5.97 Å². The van der Waals surface area contributed by atoms with Gasteiger partial charge in [0.05, 0.1) is 5.56 Å². The van der Waals surface area contributed by atoms with Gasteiger partial charge in [0, 0.05) is 16.7 Å². The number of rotatable bonds is 4. The van der Waals surface area contributed by atoms with Gasteiger partial charge in [0.25, 0.3) is 0 Å². The van der Waals surface area contributed by atoms with Crippen molar-refractivity contribution in [2.45, 2.75) is 6.92 Å². The largest absolute Gasteiger partial charge is 0.365 e. The molecule has 0 saturated heterocycles. The minimum Gasteiger partial charge on any atom is -0.354 e. The van der Waals surface area contributed by atoms with Crippen molar-refractivity contribution in [1.29, 1.82) is 0 Å². The summed E-state index contributed by atoms with van der Waals surface area (Å²) in [5.41, 5.74) is 2.38. The summed E-state index contributed by atoms with van der Waals surface area (Å²) >= 11 is 5.78. The Bertz CT molecular complexity index is 871. The van der Waals surface area contributed by atoms with E-state index in [2.05, 4.69) is 10.3 Å². The summed E-state index contributed by atoms with van der Waals surface area (Å²) in [7, 11) is 0. The number of carbonyl (C=O) groups excluding carboxylic acids is 1. The SMILES string of the molecule is CC(=NOC(=O)c1ccc(Cl)cc1)c1cc(-c2ccccc2)no1. The summed E-state index contributed by atoms with van der Waals surface area (Å²) in [4.78, 5) is 16.8. The maximum Gasteiger partial charge on any atom is 0.365 e. The van der Waals surface area contributed by atoms with Gasteiger partial charge in [-0.25, -0.2) is 4.79 Å². The first-order chi connectivity index (χ1) is 11.6. The molecule has 2 aromatic carbocycles. The molecule has 120 valence electrons. The number of halogens is 1. The lowest BCUT2D eigenvalue weighted by Gasteiger charge is -1.99. The van der Waals surface area contributed by atoms with Crippen LogP contribution in [0.5, 0.6) is 0 Å². The molecular weight excluding hydrogens is 328 g/mol. The molecule has 0 bridgehead atoms. The Morgan fingerprint density at radius 2 is 1.83 bits per heavy atom. The summed E-state index contributed by atoms with van der Waals surface area (Å²) in [5, 5.41) is 8.33. The zero-order valence-corrected chi connectivity index (χ0v) is 13.5. The lowest BCUT2D eigenvalue weighted by Crippen LogP contribution is -2.03. The molecule has 0 atom stereocenters. The van der Waals surface area contributed by atoms with Crippen LogP contribution < -0.4 is 0 Å². The topological polar surface area (TPSA) is 64.7 Å². The quantitative estimate of drug-likeness (QED) is 0.396. The number of hydrogen-bond donors (Lipinski definition) is 0. The standard InChI is InChI=1S/C18H13ClN2O3/c1-12(20-24-18(22)14-7-9-15(19)10-8-14)17-11-16(21-23-17)13-5-3-2-4-6-13/h2-11H,1H3. The lowest BCUT2D eigenvalue weighted by atomic mass is 10.1. The molecule has 0 amide bonds. The van der Waals surface area contributed by atoms with Crippen molar-refractivity contribution in [3.63, 3.8) is 0 Å². The molecule has 0 fully saturated rings. The van der Waals surface area contributed by atoms with Crippen LogP contribution in [0.1, 0.15) is 23.0 Å². The zero-order chi connectivity index (χ0) is 16.9. The first-order valence-corrected chi connectivity index (χ1v) is 7.55. The van der Waals surface area contributed by atoms with Crippen LogP contribution in [0.25, 0.3) is 11.3 Å². The molecule has 3 rings (SSSR count). The van der Waals surface area contributed by atoms with Gasteiger partial charge in [0.1, 0.15) is 11.4 Å². The Kier molecular flexibility index (Phi) is 4.72. The van der Waals surface area contributed by atoms with Gasteiger partial charge in [-0.15, -0.1) is 0 Å². The maximum absolute atomic E-state index is 11.9. The number of benzene rings is 2. The molecule has 1 heterocycles. The fourth-order valence-corrected chi connectivity index (χ4v) is 2.11. The van der Waals surface area contributed by atoms with Gasteiger partial charge < -0.3 is 9.36 Å². The predicted octanol–water partition coefficient (Wildman–Crippen LogP) is 4.58. The number of aromatic nitrogens is 1. The summed E-state index contributed by atoms with van der Waals surface area (Å²) in [6.07, 6.45) is 0. The minimum absolute atomic E-state index is 0.360. The number of nitrogens with zero attached hydrogens (tertiary/aromatic N) is 2. The van der Waals surface area contributed by atoms with Crippen molar-refractivity contribution in [2.75, 3.05) is 0 Å². The summed E-state index contributed by atoms with van der Waals surface area (Å²) in [6, 6.07) is 17.7. The van der Waals surface area contributed by atoms with Gasteiger partial charge in [-0.1, -0.05) is 52.2 Å². The molecule has 0 aliphatic rings. The molecular formula is C18H13ClN2O3. The highest BCUT2D eigenvalue weighted by Crippen LogP contribution is 2.19. The van der Waals surface area contributed by atoms with Crippen molar-refractivity contribution in [2.24, 2.45) is 5.16 Å². The molecule has 5 nitrogen and oxygen atoms in total. The molecule has 6 heteroatoms. The van der Waals surface area contributed by atoms with Gasteiger partial charge >= 0.3 is 5.97 Å². The number of carbonyl (C=O) groups is 1. The highest BCUT2D eigenvalue weighted by molar-refractivity contribution is 6.30. The number of hydrogen-bond acceptors (Lipinski definition) is 5. The molecule has 0 N–H and O–H groups in total. The van der Waals surface area contributed by atoms with Crippen LogP contribution in [-0.4, -0.2) is 16.8 Å². The zero-order valence-electron chi connectivity index (χ0n) is 12.8. The fourth-order valence-electron chi connectivity index (χ4n) is 1.98. The Labute approximate surface area is 143 Å². The Balaban J connectivity index is 1.71. The maximum atomic E-state index is 11.9. The minimum atomic E-state index is -0.575. The fraction of sp³-hybridized carbons (Fsp3) is 0.0556. The first-order valence-electron chi connectivity index (χ1n) is 7.17. The van der Waals surface area contributed by atoms with Gasteiger partial charge in [-0.2, -0.15) is 0 Å². The number of oxime groups is 1. The highest BCUT2D eigenvalue weighted by atomic mass is 35.5. The van der Waals surface area contributed by atoms with E-state index in [1.54, 1.807) is 37.3 Å². The third kappa shape index (κ3) is 3.70. The van der Waals surface area contributed by atoms with E-state index in [-0.39, 0.29) is 0 Å². The van der Waals surface area contributed by atoms with Gasteiger partial charge in [0.2, 0.25) is 0 Å². The normalized spacial score (nSPS) is 11.3. The lowest BCUT2D eigenvalue weighted by molar-refractivity contribution is 0.0516. The Morgan fingerprint density at radius 1 is 1.12 bits per heavy atom. The van der Waals surface area contributed by atoms with E-state index >= 15 is 0 Å². The van der Waals surface area contributed by atoms with Crippen LogP contribution in [0.4, 0.5) is 0 Å².